The van der Waals surface area contributed by atoms with Crippen molar-refractivity contribution in [3.8, 4) is 11.5 Å². The predicted octanol–water partition coefficient (Wildman–Crippen LogP) is 4.48. The molecular formula is C18H24O2. The Bertz CT molecular complexity index is 498. The van der Waals surface area contributed by atoms with Gasteiger partial charge >= 0.3 is 0 Å². The van der Waals surface area contributed by atoms with Crippen LogP contribution in [0.5, 0.6) is 11.5 Å². The average Bonchev–Trinajstić information content (AvgIpc) is 2.53. The van der Waals surface area contributed by atoms with Crippen LogP contribution in [0, 0.1) is 5.92 Å². The summed E-state index contributed by atoms with van der Waals surface area (Å²) in [6.45, 7) is 0. The molecule has 0 unspecified atom stereocenters. The Kier molecular flexibility index (Phi) is 4.00. The molecule has 0 aliphatic heterocycles. The van der Waals surface area contributed by atoms with Gasteiger partial charge in [-0.15, -0.1) is 0 Å². The van der Waals surface area contributed by atoms with E-state index in [2.05, 4.69) is 24.3 Å². The van der Waals surface area contributed by atoms with Crippen molar-refractivity contribution in [2.45, 2.75) is 44.4 Å². The van der Waals surface area contributed by atoms with Gasteiger partial charge in [-0.2, -0.15) is 0 Å². The van der Waals surface area contributed by atoms with E-state index in [4.69, 9.17) is 9.47 Å². The molecule has 0 aromatic heterocycles. The average molecular weight is 272 g/mol. The summed E-state index contributed by atoms with van der Waals surface area (Å²) >= 11 is 0. The molecule has 0 amide bonds. The lowest BCUT2D eigenvalue weighted by atomic mass is 9.73. The quantitative estimate of drug-likeness (QED) is 0.755. The minimum Gasteiger partial charge on any atom is -0.493 e. The van der Waals surface area contributed by atoms with Crippen LogP contribution < -0.4 is 9.47 Å². The zero-order valence-electron chi connectivity index (χ0n) is 12.5. The second-order valence-electron chi connectivity index (χ2n) is 5.96. The summed E-state index contributed by atoms with van der Waals surface area (Å²) in [5.41, 5.74) is 2.86. The van der Waals surface area contributed by atoms with Crippen LogP contribution in [-0.4, -0.2) is 14.2 Å². The lowest BCUT2D eigenvalue weighted by Gasteiger charge is -2.32. The second kappa shape index (κ2) is 5.90. The highest BCUT2D eigenvalue weighted by Crippen LogP contribution is 2.43. The van der Waals surface area contributed by atoms with Crippen LogP contribution in [0.2, 0.25) is 0 Å². The van der Waals surface area contributed by atoms with Crippen LogP contribution in [0.3, 0.4) is 0 Å². The molecule has 1 aromatic carbocycles. The minimum atomic E-state index is 0.568. The highest BCUT2D eigenvalue weighted by atomic mass is 16.5. The van der Waals surface area contributed by atoms with Crippen molar-refractivity contribution < 1.29 is 9.47 Å². The molecule has 2 heteroatoms. The number of hydrogen-bond acceptors (Lipinski definition) is 2. The van der Waals surface area contributed by atoms with Gasteiger partial charge in [0, 0.05) is 5.92 Å². The molecule has 0 heterocycles. The lowest BCUT2D eigenvalue weighted by molar-refractivity contribution is 0.326. The maximum absolute atomic E-state index is 5.49. The van der Waals surface area contributed by atoms with Crippen LogP contribution in [0.15, 0.2) is 24.3 Å². The smallest absolute Gasteiger partial charge is 0.161 e. The molecule has 1 aromatic rings. The number of ether oxygens (including phenoxy) is 2. The Balaban J connectivity index is 1.96. The van der Waals surface area contributed by atoms with Crippen LogP contribution in [0.1, 0.15) is 49.1 Å². The van der Waals surface area contributed by atoms with E-state index in [0.29, 0.717) is 5.92 Å². The number of rotatable bonds is 3. The van der Waals surface area contributed by atoms with Crippen molar-refractivity contribution in [2.75, 3.05) is 14.2 Å². The first-order valence-corrected chi connectivity index (χ1v) is 7.75. The maximum atomic E-state index is 5.49. The molecule has 0 spiro atoms. The van der Waals surface area contributed by atoms with Crippen molar-refractivity contribution >= 4 is 0 Å². The van der Waals surface area contributed by atoms with E-state index in [9.17, 15) is 0 Å². The second-order valence-corrected chi connectivity index (χ2v) is 5.96. The van der Waals surface area contributed by atoms with Crippen LogP contribution >= 0.6 is 0 Å². The molecule has 0 saturated heterocycles. The fraction of sp³-hybridized carbons (Fsp3) is 0.556. The van der Waals surface area contributed by atoms with Crippen molar-refractivity contribution in [3.63, 3.8) is 0 Å². The Hall–Kier alpha value is -1.44. The zero-order chi connectivity index (χ0) is 13.9. The maximum Gasteiger partial charge on any atom is 0.161 e. The molecule has 2 aliphatic carbocycles. The van der Waals surface area contributed by atoms with Crippen molar-refractivity contribution in [1.29, 1.82) is 0 Å². The van der Waals surface area contributed by atoms with E-state index in [1.165, 1.54) is 43.2 Å². The third-order valence-corrected chi connectivity index (χ3v) is 4.84. The van der Waals surface area contributed by atoms with Gasteiger partial charge in [0.25, 0.3) is 0 Å². The molecule has 0 bridgehead atoms. The highest BCUT2D eigenvalue weighted by molar-refractivity contribution is 5.51. The highest BCUT2D eigenvalue weighted by Gasteiger charge is 2.27. The molecule has 0 radical (unpaired) electrons. The third kappa shape index (κ3) is 2.44. The summed E-state index contributed by atoms with van der Waals surface area (Å²) in [7, 11) is 3.43. The number of allylic oxidation sites excluding steroid dienone is 2. The number of fused-ring (bicyclic) bond motifs is 1. The van der Waals surface area contributed by atoms with E-state index in [-0.39, 0.29) is 0 Å². The Morgan fingerprint density at radius 3 is 2.35 bits per heavy atom. The van der Waals surface area contributed by atoms with E-state index in [1.807, 2.05) is 0 Å². The van der Waals surface area contributed by atoms with Crippen LogP contribution in [0.25, 0.3) is 0 Å². The van der Waals surface area contributed by atoms with Crippen LogP contribution in [0.4, 0.5) is 0 Å². The summed E-state index contributed by atoms with van der Waals surface area (Å²) in [4.78, 5) is 0. The molecular weight excluding hydrogens is 248 g/mol. The SMILES string of the molecule is COc1cc2c(cc1OC)[C@H](C1CCCCC1)C=CC2. The van der Waals surface area contributed by atoms with Gasteiger partial charge in [0.2, 0.25) is 0 Å². The van der Waals surface area contributed by atoms with Gasteiger partial charge in [-0.3, -0.25) is 0 Å². The van der Waals surface area contributed by atoms with Gasteiger partial charge in [0.1, 0.15) is 0 Å². The summed E-state index contributed by atoms with van der Waals surface area (Å²) in [5.74, 6) is 3.09. The van der Waals surface area contributed by atoms with Crippen molar-refractivity contribution in [1.82, 2.24) is 0 Å². The first-order chi connectivity index (χ1) is 9.83. The molecule has 1 saturated carbocycles. The van der Waals surface area contributed by atoms with Crippen LogP contribution in [-0.2, 0) is 6.42 Å². The molecule has 1 fully saturated rings. The minimum absolute atomic E-state index is 0.568. The van der Waals surface area contributed by atoms with Gasteiger partial charge in [0.05, 0.1) is 14.2 Å². The number of hydrogen-bond donors (Lipinski definition) is 0. The Labute approximate surface area is 121 Å². The fourth-order valence-electron chi connectivity index (χ4n) is 3.77. The normalized spacial score (nSPS) is 22.4. The molecule has 0 N–H and O–H groups in total. The number of benzene rings is 1. The molecule has 3 rings (SSSR count). The van der Waals surface area contributed by atoms with Gasteiger partial charge in [-0.1, -0.05) is 31.4 Å². The molecule has 108 valence electrons. The topological polar surface area (TPSA) is 18.5 Å². The van der Waals surface area contributed by atoms with Gasteiger partial charge in [-0.25, -0.2) is 0 Å². The van der Waals surface area contributed by atoms with E-state index >= 15 is 0 Å². The van der Waals surface area contributed by atoms with Crippen molar-refractivity contribution in [3.05, 3.63) is 35.4 Å². The molecule has 2 nitrogen and oxygen atoms in total. The predicted molar refractivity (Wildman–Crippen MR) is 81.7 cm³/mol. The number of methoxy groups -OCH3 is 2. The molecule has 1 atom stereocenters. The zero-order valence-corrected chi connectivity index (χ0v) is 12.5. The van der Waals surface area contributed by atoms with Gasteiger partial charge in [-0.05, 0) is 48.4 Å². The summed E-state index contributed by atoms with van der Waals surface area (Å²) in [6.07, 6.45) is 12.7. The third-order valence-electron chi connectivity index (χ3n) is 4.84. The Morgan fingerprint density at radius 2 is 1.65 bits per heavy atom. The van der Waals surface area contributed by atoms with Gasteiger partial charge in [0.15, 0.2) is 11.5 Å². The fourth-order valence-corrected chi connectivity index (χ4v) is 3.77. The summed E-state index contributed by atoms with van der Waals surface area (Å²) < 4.78 is 10.9. The largest absolute Gasteiger partial charge is 0.493 e. The lowest BCUT2D eigenvalue weighted by Crippen LogP contribution is -2.18. The van der Waals surface area contributed by atoms with E-state index in [1.54, 1.807) is 14.2 Å². The first-order valence-electron chi connectivity index (χ1n) is 7.75. The van der Waals surface area contributed by atoms with E-state index < -0.39 is 0 Å². The summed E-state index contributed by atoms with van der Waals surface area (Å²) in [6, 6.07) is 4.37. The Morgan fingerprint density at radius 1 is 0.950 bits per heavy atom. The van der Waals surface area contributed by atoms with Crippen molar-refractivity contribution in [2.24, 2.45) is 5.92 Å². The molecule has 20 heavy (non-hydrogen) atoms. The molecule has 2 aliphatic rings. The van der Waals surface area contributed by atoms with E-state index in [0.717, 1.165) is 23.8 Å². The monoisotopic (exact) mass is 272 g/mol. The first kappa shape index (κ1) is 13.5. The van der Waals surface area contributed by atoms with Gasteiger partial charge < -0.3 is 9.47 Å². The standard InChI is InChI=1S/C18H24O2/c1-19-17-11-14-9-6-10-15(13-7-4-3-5-8-13)16(14)12-18(17)20-2/h6,10-13,15H,3-5,7-9H2,1-2H3/t15-/m0/s1. The summed E-state index contributed by atoms with van der Waals surface area (Å²) in [5, 5.41) is 0.